The topological polar surface area (TPSA) is 49.4 Å². The first-order valence-corrected chi connectivity index (χ1v) is 9.75. The predicted octanol–water partition coefficient (Wildman–Crippen LogP) is 5.30. The first-order valence-electron chi connectivity index (χ1n) is 9.37. The van der Waals surface area contributed by atoms with Crippen molar-refractivity contribution in [2.24, 2.45) is 0 Å². The first kappa shape index (κ1) is 19.4. The fourth-order valence-corrected chi connectivity index (χ4v) is 3.85. The van der Waals surface area contributed by atoms with Gasteiger partial charge in [-0.1, -0.05) is 29.8 Å². The number of rotatable bonds is 3. The zero-order valence-corrected chi connectivity index (χ0v) is 16.7. The van der Waals surface area contributed by atoms with Crippen molar-refractivity contribution in [1.82, 2.24) is 4.90 Å². The normalized spacial score (nSPS) is 19.6. The molecule has 0 bridgehead atoms. The number of nitrogens with one attached hydrogen (secondary N) is 1. The maximum absolute atomic E-state index is 13.2. The van der Waals surface area contributed by atoms with Gasteiger partial charge in [0.2, 0.25) is 0 Å². The fraction of sp³-hybridized carbons (Fsp3) is 0.364. The highest BCUT2D eigenvalue weighted by molar-refractivity contribution is 6.31. The van der Waals surface area contributed by atoms with Crippen molar-refractivity contribution in [2.45, 2.75) is 52.1 Å². The maximum atomic E-state index is 13.2. The molecule has 2 aromatic rings. The largest absolute Gasteiger partial charge is 0.333 e. The third-order valence-electron chi connectivity index (χ3n) is 5.27. The quantitative estimate of drug-likeness (QED) is 0.780. The summed E-state index contributed by atoms with van der Waals surface area (Å²) >= 11 is 6.14. The summed E-state index contributed by atoms with van der Waals surface area (Å²) in [5.41, 5.74) is 2.42. The van der Waals surface area contributed by atoms with Crippen LogP contribution in [0.25, 0.3) is 0 Å². The van der Waals surface area contributed by atoms with Crippen LogP contribution in [-0.2, 0) is 0 Å². The van der Waals surface area contributed by atoms with Crippen LogP contribution in [-0.4, -0.2) is 28.8 Å². The predicted molar refractivity (Wildman–Crippen MR) is 110 cm³/mol. The standard InChI is InChI=1S/C22H25ClN2O2/c1-14-11-12-17(13-19(14)23)21(26)24-20-10-5-4-9-18(20)22(27)25-15(2)7-6-8-16(25)3/h4-5,9-13,15-16H,6-8H2,1-3H3,(H,24,26). The van der Waals surface area contributed by atoms with E-state index in [1.54, 1.807) is 24.3 Å². The Morgan fingerprint density at radius 1 is 1.07 bits per heavy atom. The molecule has 1 aliphatic rings. The number of piperidine rings is 1. The van der Waals surface area contributed by atoms with Crippen LogP contribution in [0.15, 0.2) is 42.5 Å². The Kier molecular flexibility index (Phi) is 5.85. The van der Waals surface area contributed by atoms with Crippen molar-refractivity contribution in [3.63, 3.8) is 0 Å². The number of nitrogens with zero attached hydrogens (tertiary/aromatic N) is 1. The summed E-state index contributed by atoms with van der Waals surface area (Å²) < 4.78 is 0. The number of carbonyl (C=O) groups excluding carboxylic acids is 2. The molecule has 0 aliphatic carbocycles. The highest BCUT2D eigenvalue weighted by Gasteiger charge is 2.30. The summed E-state index contributed by atoms with van der Waals surface area (Å²) in [7, 11) is 0. The van der Waals surface area contributed by atoms with Gasteiger partial charge in [0.05, 0.1) is 11.3 Å². The summed E-state index contributed by atoms with van der Waals surface area (Å²) in [5, 5.41) is 3.42. The van der Waals surface area contributed by atoms with Gasteiger partial charge >= 0.3 is 0 Å². The fourth-order valence-electron chi connectivity index (χ4n) is 3.67. The van der Waals surface area contributed by atoms with Gasteiger partial charge in [-0.25, -0.2) is 0 Å². The molecule has 1 N–H and O–H groups in total. The minimum Gasteiger partial charge on any atom is -0.333 e. The Labute approximate surface area is 165 Å². The van der Waals surface area contributed by atoms with Gasteiger partial charge in [-0.15, -0.1) is 0 Å². The number of aryl methyl sites for hydroxylation is 1. The summed E-state index contributed by atoms with van der Waals surface area (Å²) in [6.07, 6.45) is 3.15. The highest BCUT2D eigenvalue weighted by atomic mass is 35.5. The molecule has 1 fully saturated rings. The van der Waals surface area contributed by atoms with E-state index in [4.69, 9.17) is 11.6 Å². The maximum Gasteiger partial charge on any atom is 0.256 e. The second-order valence-corrected chi connectivity index (χ2v) is 7.71. The van der Waals surface area contributed by atoms with Crippen LogP contribution in [0.1, 0.15) is 59.4 Å². The number of hydrogen-bond acceptors (Lipinski definition) is 2. The van der Waals surface area contributed by atoms with Gasteiger partial charge in [0.15, 0.2) is 0 Å². The lowest BCUT2D eigenvalue weighted by molar-refractivity contribution is 0.0512. The molecule has 2 atom stereocenters. The molecule has 27 heavy (non-hydrogen) atoms. The molecule has 1 heterocycles. The first-order chi connectivity index (χ1) is 12.9. The van der Waals surface area contributed by atoms with Crippen LogP contribution < -0.4 is 5.32 Å². The van der Waals surface area contributed by atoms with E-state index >= 15 is 0 Å². The van der Waals surface area contributed by atoms with Crippen molar-refractivity contribution >= 4 is 29.1 Å². The average Bonchev–Trinajstić information content (AvgIpc) is 2.64. The third kappa shape index (κ3) is 4.16. The van der Waals surface area contributed by atoms with Crippen molar-refractivity contribution in [3.8, 4) is 0 Å². The molecule has 0 saturated carbocycles. The summed E-state index contributed by atoms with van der Waals surface area (Å²) in [6.45, 7) is 6.06. The lowest BCUT2D eigenvalue weighted by atomic mass is 9.96. The van der Waals surface area contributed by atoms with Crippen LogP contribution >= 0.6 is 11.6 Å². The Bertz CT molecular complexity index is 855. The van der Waals surface area contributed by atoms with Crippen LogP contribution in [0.3, 0.4) is 0 Å². The second kappa shape index (κ2) is 8.13. The van der Waals surface area contributed by atoms with Gasteiger partial charge in [-0.3, -0.25) is 9.59 Å². The van der Waals surface area contributed by atoms with E-state index in [0.717, 1.165) is 24.8 Å². The smallest absolute Gasteiger partial charge is 0.256 e. The molecule has 3 rings (SSSR count). The molecule has 0 aromatic heterocycles. The zero-order valence-electron chi connectivity index (χ0n) is 16.0. The Balaban J connectivity index is 1.86. The van der Waals surface area contributed by atoms with E-state index in [1.807, 2.05) is 30.0 Å². The molecule has 0 radical (unpaired) electrons. The molecular weight excluding hydrogens is 360 g/mol. The molecule has 142 valence electrons. The summed E-state index contributed by atoms with van der Waals surface area (Å²) in [5.74, 6) is -0.315. The third-order valence-corrected chi connectivity index (χ3v) is 5.67. The molecule has 2 amide bonds. The van der Waals surface area contributed by atoms with Crippen molar-refractivity contribution in [2.75, 3.05) is 5.32 Å². The number of anilines is 1. The number of para-hydroxylation sites is 1. The molecule has 2 unspecified atom stereocenters. The Morgan fingerprint density at radius 2 is 1.74 bits per heavy atom. The van der Waals surface area contributed by atoms with Gasteiger partial charge in [0, 0.05) is 22.7 Å². The molecule has 1 aliphatic heterocycles. The second-order valence-electron chi connectivity index (χ2n) is 7.31. The molecular formula is C22H25ClN2O2. The number of amides is 2. The molecule has 4 nitrogen and oxygen atoms in total. The molecule has 1 saturated heterocycles. The molecule has 5 heteroatoms. The van der Waals surface area contributed by atoms with E-state index in [2.05, 4.69) is 19.2 Å². The van der Waals surface area contributed by atoms with Gasteiger partial charge in [-0.05, 0) is 69.9 Å². The van der Waals surface area contributed by atoms with E-state index in [9.17, 15) is 9.59 Å². The highest BCUT2D eigenvalue weighted by Crippen LogP contribution is 2.27. The summed E-state index contributed by atoms with van der Waals surface area (Å²) in [6, 6.07) is 12.8. The average molecular weight is 385 g/mol. The van der Waals surface area contributed by atoms with Crippen molar-refractivity contribution in [3.05, 3.63) is 64.2 Å². The van der Waals surface area contributed by atoms with Crippen LogP contribution in [0, 0.1) is 6.92 Å². The van der Waals surface area contributed by atoms with Crippen LogP contribution in [0.5, 0.6) is 0 Å². The van der Waals surface area contributed by atoms with E-state index in [1.165, 1.54) is 0 Å². The molecule has 2 aromatic carbocycles. The SMILES string of the molecule is Cc1ccc(C(=O)Nc2ccccc2C(=O)N2C(C)CCCC2C)cc1Cl. The van der Waals surface area contributed by atoms with Crippen molar-refractivity contribution in [1.29, 1.82) is 0 Å². The van der Waals surface area contributed by atoms with Crippen LogP contribution in [0.4, 0.5) is 5.69 Å². The lowest BCUT2D eigenvalue weighted by Crippen LogP contribution is -2.47. The monoisotopic (exact) mass is 384 g/mol. The number of hydrogen-bond donors (Lipinski definition) is 1. The van der Waals surface area contributed by atoms with Gasteiger partial charge in [-0.2, -0.15) is 0 Å². The van der Waals surface area contributed by atoms with Gasteiger partial charge in [0.25, 0.3) is 11.8 Å². The number of halogens is 1. The zero-order chi connectivity index (χ0) is 19.6. The van der Waals surface area contributed by atoms with Gasteiger partial charge in [0.1, 0.15) is 0 Å². The number of benzene rings is 2. The minimum absolute atomic E-state index is 0.0347. The van der Waals surface area contributed by atoms with Gasteiger partial charge < -0.3 is 10.2 Å². The summed E-state index contributed by atoms with van der Waals surface area (Å²) in [4.78, 5) is 27.8. The molecule has 0 spiro atoms. The van der Waals surface area contributed by atoms with Crippen molar-refractivity contribution < 1.29 is 9.59 Å². The van der Waals surface area contributed by atoms with Crippen LogP contribution in [0.2, 0.25) is 5.02 Å². The Hall–Kier alpha value is -2.33. The minimum atomic E-state index is -0.281. The van der Waals surface area contributed by atoms with E-state index in [0.29, 0.717) is 21.8 Å². The van der Waals surface area contributed by atoms with E-state index < -0.39 is 0 Å². The van der Waals surface area contributed by atoms with E-state index in [-0.39, 0.29) is 23.9 Å². The lowest BCUT2D eigenvalue weighted by Gasteiger charge is -2.39. The number of likely N-dealkylation sites (tertiary alicyclic amines) is 1. The number of carbonyl (C=O) groups is 2. The Morgan fingerprint density at radius 3 is 2.41 bits per heavy atom.